The minimum atomic E-state index is 0.563. The molecular formula is C22H27N5O2. The Labute approximate surface area is 171 Å². The fourth-order valence-corrected chi connectivity index (χ4v) is 2.91. The van der Waals surface area contributed by atoms with Crippen molar-refractivity contribution in [3.8, 4) is 17.2 Å². The van der Waals surface area contributed by atoms with E-state index in [2.05, 4.69) is 32.9 Å². The molecule has 0 aliphatic heterocycles. The lowest BCUT2D eigenvalue weighted by Crippen LogP contribution is -2.36. The smallest absolute Gasteiger partial charge is 0.191 e. The molecule has 0 atom stereocenters. The lowest BCUT2D eigenvalue weighted by atomic mass is 10.1. The summed E-state index contributed by atoms with van der Waals surface area (Å²) in [7, 11) is 5.09. The molecule has 7 heteroatoms. The number of aliphatic imine (C=N–C) groups is 1. The lowest BCUT2D eigenvalue weighted by molar-refractivity contribution is 0.408. The van der Waals surface area contributed by atoms with Crippen molar-refractivity contribution in [1.29, 1.82) is 0 Å². The zero-order valence-corrected chi connectivity index (χ0v) is 17.3. The summed E-state index contributed by atoms with van der Waals surface area (Å²) in [6.07, 6.45) is 1.94. The zero-order chi connectivity index (χ0) is 20.6. The van der Waals surface area contributed by atoms with Gasteiger partial charge in [0, 0.05) is 25.4 Å². The molecule has 29 heavy (non-hydrogen) atoms. The molecule has 152 valence electrons. The fourth-order valence-electron chi connectivity index (χ4n) is 2.91. The van der Waals surface area contributed by atoms with Gasteiger partial charge in [0.25, 0.3) is 0 Å². The Morgan fingerprint density at radius 1 is 1.00 bits per heavy atom. The van der Waals surface area contributed by atoms with Gasteiger partial charge in [-0.25, -0.2) is 4.68 Å². The normalized spacial score (nSPS) is 11.2. The van der Waals surface area contributed by atoms with E-state index in [1.165, 1.54) is 5.56 Å². The predicted octanol–water partition coefficient (Wildman–Crippen LogP) is 3.06. The summed E-state index contributed by atoms with van der Waals surface area (Å²) in [5.41, 5.74) is 4.13. The first-order valence-corrected chi connectivity index (χ1v) is 9.40. The van der Waals surface area contributed by atoms with Crippen LogP contribution >= 0.6 is 0 Å². The molecule has 2 N–H and O–H groups in total. The predicted molar refractivity (Wildman–Crippen MR) is 115 cm³/mol. The standard InChI is InChI=1S/C22H27N5O2/c1-16-5-6-17(21(13-16)29-4)14-24-22(23-2)25-15-18-11-12-27(26-18)19-7-9-20(28-3)10-8-19/h5-13H,14-15H2,1-4H3,(H2,23,24,25). The minimum absolute atomic E-state index is 0.563. The van der Waals surface area contributed by atoms with E-state index in [0.29, 0.717) is 19.0 Å². The molecule has 0 radical (unpaired) electrons. The minimum Gasteiger partial charge on any atom is -0.497 e. The van der Waals surface area contributed by atoms with E-state index in [1.807, 2.05) is 54.2 Å². The van der Waals surface area contributed by atoms with Gasteiger partial charge in [0.15, 0.2) is 5.96 Å². The van der Waals surface area contributed by atoms with Crippen LogP contribution in [0.3, 0.4) is 0 Å². The molecule has 0 aliphatic rings. The molecule has 0 amide bonds. The summed E-state index contributed by atoms with van der Waals surface area (Å²) in [5.74, 6) is 2.39. The average Bonchev–Trinajstić information content (AvgIpc) is 3.23. The van der Waals surface area contributed by atoms with Crippen molar-refractivity contribution in [2.24, 2.45) is 4.99 Å². The van der Waals surface area contributed by atoms with Gasteiger partial charge in [-0.15, -0.1) is 0 Å². The number of rotatable bonds is 7. The molecule has 1 aromatic heterocycles. The topological polar surface area (TPSA) is 72.7 Å². The van der Waals surface area contributed by atoms with Crippen LogP contribution in [0.1, 0.15) is 16.8 Å². The van der Waals surface area contributed by atoms with Crippen molar-refractivity contribution in [1.82, 2.24) is 20.4 Å². The van der Waals surface area contributed by atoms with Crippen molar-refractivity contribution in [2.75, 3.05) is 21.3 Å². The fraction of sp³-hybridized carbons (Fsp3) is 0.273. The molecule has 0 saturated carbocycles. The number of nitrogens with one attached hydrogen (secondary N) is 2. The van der Waals surface area contributed by atoms with Crippen LogP contribution in [0.5, 0.6) is 11.5 Å². The van der Waals surface area contributed by atoms with Gasteiger partial charge in [-0.1, -0.05) is 12.1 Å². The number of hydrogen-bond acceptors (Lipinski definition) is 4. The van der Waals surface area contributed by atoms with Crippen LogP contribution in [0.25, 0.3) is 5.69 Å². The van der Waals surface area contributed by atoms with Crippen LogP contribution in [0.15, 0.2) is 59.7 Å². The van der Waals surface area contributed by atoms with Crippen molar-refractivity contribution in [2.45, 2.75) is 20.0 Å². The van der Waals surface area contributed by atoms with Crippen molar-refractivity contribution >= 4 is 5.96 Å². The Balaban J connectivity index is 1.56. The second kappa shape index (κ2) is 9.64. The van der Waals surface area contributed by atoms with Crippen LogP contribution in [-0.4, -0.2) is 37.0 Å². The Kier molecular flexibility index (Phi) is 6.73. The summed E-state index contributed by atoms with van der Waals surface area (Å²) in [6, 6.07) is 15.9. The maximum atomic E-state index is 5.46. The molecule has 7 nitrogen and oxygen atoms in total. The molecule has 0 unspecified atom stereocenters. The van der Waals surface area contributed by atoms with Gasteiger partial charge in [0.05, 0.1) is 32.1 Å². The Hall–Kier alpha value is -3.48. The van der Waals surface area contributed by atoms with Gasteiger partial charge in [0.2, 0.25) is 0 Å². The summed E-state index contributed by atoms with van der Waals surface area (Å²) in [4.78, 5) is 4.28. The van der Waals surface area contributed by atoms with Gasteiger partial charge in [0.1, 0.15) is 11.5 Å². The molecule has 0 aliphatic carbocycles. The Bertz CT molecular complexity index is 964. The van der Waals surface area contributed by atoms with Gasteiger partial charge in [-0.2, -0.15) is 5.10 Å². The SMILES string of the molecule is CN=C(NCc1ccn(-c2ccc(OC)cc2)n1)NCc1ccc(C)cc1OC. The van der Waals surface area contributed by atoms with Gasteiger partial charge in [-0.3, -0.25) is 4.99 Å². The van der Waals surface area contributed by atoms with Gasteiger partial charge >= 0.3 is 0 Å². The lowest BCUT2D eigenvalue weighted by Gasteiger charge is -2.13. The highest BCUT2D eigenvalue weighted by Crippen LogP contribution is 2.19. The second-order valence-electron chi connectivity index (χ2n) is 6.54. The average molecular weight is 393 g/mol. The zero-order valence-electron chi connectivity index (χ0n) is 17.3. The molecule has 0 bridgehead atoms. The first-order chi connectivity index (χ1) is 14.1. The monoisotopic (exact) mass is 393 g/mol. The van der Waals surface area contributed by atoms with Crippen molar-refractivity contribution in [3.63, 3.8) is 0 Å². The molecule has 0 spiro atoms. The van der Waals surface area contributed by atoms with E-state index in [9.17, 15) is 0 Å². The van der Waals surface area contributed by atoms with Gasteiger partial charge in [-0.05, 0) is 48.9 Å². The first kappa shape index (κ1) is 20.3. The molecule has 3 rings (SSSR count). The molecule has 0 saturated heterocycles. The first-order valence-electron chi connectivity index (χ1n) is 9.40. The maximum Gasteiger partial charge on any atom is 0.191 e. The maximum absolute atomic E-state index is 5.46. The van der Waals surface area contributed by atoms with Crippen LogP contribution in [0.4, 0.5) is 0 Å². The summed E-state index contributed by atoms with van der Waals surface area (Å²) >= 11 is 0. The van der Waals surface area contributed by atoms with Crippen LogP contribution in [0, 0.1) is 6.92 Å². The second-order valence-corrected chi connectivity index (χ2v) is 6.54. The molecule has 2 aromatic carbocycles. The van der Waals surface area contributed by atoms with Crippen LogP contribution < -0.4 is 20.1 Å². The third-order valence-electron chi connectivity index (χ3n) is 4.53. The van der Waals surface area contributed by atoms with E-state index in [1.54, 1.807) is 21.3 Å². The number of nitrogens with zero attached hydrogens (tertiary/aromatic N) is 3. The highest BCUT2D eigenvalue weighted by atomic mass is 16.5. The van der Waals surface area contributed by atoms with Gasteiger partial charge < -0.3 is 20.1 Å². The summed E-state index contributed by atoms with van der Waals surface area (Å²) < 4.78 is 12.5. The number of benzene rings is 2. The largest absolute Gasteiger partial charge is 0.497 e. The van der Waals surface area contributed by atoms with E-state index in [-0.39, 0.29) is 0 Å². The van der Waals surface area contributed by atoms with Crippen LogP contribution in [-0.2, 0) is 13.1 Å². The van der Waals surface area contributed by atoms with E-state index in [0.717, 1.165) is 28.4 Å². The molecular weight excluding hydrogens is 366 g/mol. The highest BCUT2D eigenvalue weighted by molar-refractivity contribution is 5.79. The number of hydrogen-bond donors (Lipinski definition) is 2. The summed E-state index contributed by atoms with van der Waals surface area (Å²) in [5, 5.41) is 11.2. The third kappa shape index (κ3) is 5.28. The number of ether oxygens (including phenoxy) is 2. The molecule has 1 heterocycles. The Morgan fingerprint density at radius 2 is 1.76 bits per heavy atom. The molecule has 0 fully saturated rings. The summed E-state index contributed by atoms with van der Waals surface area (Å²) in [6.45, 7) is 3.22. The quantitative estimate of drug-likeness (QED) is 0.477. The number of guanidine groups is 1. The van der Waals surface area contributed by atoms with E-state index in [4.69, 9.17) is 9.47 Å². The third-order valence-corrected chi connectivity index (χ3v) is 4.53. The number of methoxy groups -OCH3 is 2. The molecule has 3 aromatic rings. The van der Waals surface area contributed by atoms with Crippen molar-refractivity contribution < 1.29 is 9.47 Å². The van der Waals surface area contributed by atoms with Crippen LogP contribution in [0.2, 0.25) is 0 Å². The number of aromatic nitrogens is 2. The highest BCUT2D eigenvalue weighted by Gasteiger charge is 2.06. The van der Waals surface area contributed by atoms with E-state index >= 15 is 0 Å². The Morgan fingerprint density at radius 3 is 2.45 bits per heavy atom. The van der Waals surface area contributed by atoms with Crippen molar-refractivity contribution in [3.05, 3.63) is 71.5 Å². The van der Waals surface area contributed by atoms with E-state index < -0.39 is 0 Å². The number of aryl methyl sites for hydroxylation is 1.